The highest BCUT2D eigenvalue weighted by Gasteiger charge is 2.16. The van der Waals surface area contributed by atoms with Crippen molar-refractivity contribution < 1.29 is 0 Å². The minimum absolute atomic E-state index is 0.151. The molecule has 2 nitrogen and oxygen atoms in total. The maximum Gasteiger partial charge on any atom is 0.0724 e. The van der Waals surface area contributed by atoms with E-state index in [-0.39, 0.29) is 6.04 Å². The van der Waals surface area contributed by atoms with E-state index < -0.39 is 0 Å². The van der Waals surface area contributed by atoms with Crippen LogP contribution in [0.3, 0.4) is 0 Å². The monoisotopic (exact) mass is 322 g/mol. The molecule has 1 atom stereocenters. The molecule has 2 rings (SSSR count). The highest BCUT2D eigenvalue weighted by atomic mass is 35.5. The lowest BCUT2D eigenvalue weighted by atomic mass is 9.95. The number of hydrazine groups is 1. The summed E-state index contributed by atoms with van der Waals surface area (Å²) in [6.07, 6.45) is 1.04. The van der Waals surface area contributed by atoms with E-state index >= 15 is 0 Å². The molecule has 2 aromatic rings. The first-order valence-corrected chi connectivity index (χ1v) is 7.76. The van der Waals surface area contributed by atoms with Gasteiger partial charge in [0.1, 0.15) is 0 Å². The Labute approximate surface area is 136 Å². The maximum atomic E-state index is 6.30. The molecule has 2 aromatic carbocycles. The standard InChI is InChI=1S/C17H20Cl2N2/c1-11(2)8-12-4-3-5-13(9-12)17(21-20)15-7-6-14(18)10-16(15)19/h3-7,9-11,17,21H,8,20H2,1-2H3. The van der Waals surface area contributed by atoms with Gasteiger partial charge in [-0.2, -0.15) is 0 Å². The summed E-state index contributed by atoms with van der Waals surface area (Å²) in [6, 6.07) is 13.7. The predicted octanol–water partition coefficient (Wildman–Crippen LogP) is 4.74. The number of rotatable bonds is 5. The maximum absolute atomic E-state index is 6.30. The minimum atomic E-state index is -0.151. The van der Waals surface area contributed by atoms with Crippen molar-refractivity contribution in [2.45, 2.75) is 26.3 Å². The second kappa shape index (κ2) is 7.28. The van der Waals surface area contributed by atoms with Crippen molar-refractivity contribution in [2.75, 3.05) is 0 Å². The van der Waals surface area contributed by atoms with Crippen molar-refractivity contribution in [3.05, 3.63) is 69.2 Å². The summed E-state index contributed by atoms with van der Waals surface area (Å²) in [4.78, 5) is 0. The number of hydrogen-bond acceptors (Lipinski definition) is 2. The van der Waals surface area contributed by atoms with Crippen molar-refractivity contribution in [3.63, 3.8) is 0 Å². The fourth-order valence-electron chi connectivity index (χ4n) is 2.47. The van der Waals surface area contributed by atoms with Gasteiger partial charge in [0.25, 0.3) is 0 Å². The van der Waals surface area contributed by atoms with Gasteiger partial charge in [0.2, 0.25) is 0 Å². The van der Waals surface area contributed by atoms with Crippen LogP contribution in [-0.4, -0.2) is 0 Å². The van der Waals surface area contributed by atoms with Crippen LogP contribution < -0.4 is 11.3 Å². The highest BCUT2D eigenvalue weighted by molar-refractivity contribution is 6.35. The van der Waals surface area contributed by atoms with Gasteiger partial charge in [-0.1, -0.05) is 67.4 Å². The molecule has 0 aliphatic carbocycles. The van der Waals surface area contributed by atoms with E-state index in [1.54, 1.807) is 6.07 Å². The lowest BCUT2D eigenvalue weighted by Gasteiger charge is -2.19. The third kappa shape index (κ3) is 4.21. The Balaban J connectivity index is 2.37. The largest absolute Gasteiger partial charge is 0.271 e. The summed E-state index contributed by atoms with van der Waals surface area (Å²) in [7, 11) is 0. The van der Waals surface area contributed by atoms with Crippen LogP contribution >= 0.6 is 23.2 Å². The van der Waals surface area contributed by atoms with Gasteiger partial charge in [-0.3, -0.25) is 5.84 Å². The molecular formula is C17H20Cl2N2. The number of nitrogens with one attached hydrogen (secondary N) is 1. The zero-order valence-corrected chi connectivity index (χ0v) is 13.7. The van der Waals surface area contributed by atoms with Crippen molar-refractivity contribution >= 4 is 23.2 Å². The van der Waals surface area contributed by atoms with E-state index in [1.807, 2.05) is 12.1 Å². The van der Waals surface area contributed by atoms with Crippen LogP contribution in [0.2, 0.25) is 10.0 Å². The van der Waals surface area contributed by atoms with Crippen LogP contribution in [-0.2, 0) is 6.42 Å². The molecule has 0 heterocycles. The van der Waals surface area contributed by atoms with E-state index in [2.05, 4.69) is 43.5 Å². The first kappa shape index (κ1) is 16.3. The summed E-state index contributed by atoms with van der Waals surface area (Å²) in [6.45, 7) is 4.42. The minimum Gasteiger partial charge on any atom is -0.271 e. The van der Waals surface area contributed by atoms with Crippen molar-refractivity contribution in [2.24, 2.45) is 11.8 Å². The Bertz CT molecular complexity index is 611. The first-order chi connectivity index (χ1) is 10.0. The molecule has 3 N–H and O–H groups in total. The number of halogens is 2. The summed E-state index contributed by atoms with van der Waals surface area (Å²) in [5.41, 5.74) is 6.17. The van der Waals surface area contributed by atoms with Crippen molar-refractivity contribution in [3.8, 4) is 0 Å². The molecule has 0 saturated carbocycles. The summed E-state index contributed by atoms with van der Waals surface area (Å²) >= 11 is 12.3. The summed E-state index contributed by atoms with van der Waals surface area (Å²) in [5.74, 6) is 6.37. The molecule has 1 unspecified atom stereocenters. The average Bonchev–Trinajstić information content (AvgIpc) is 2.41. The number of nitrogens with two attached hydrogens (primary N) is 1. The van der Waals surface area contributed by atoms with Crippen molar-refractivity contribution in [1.82, 2.24) is 5.43 Å². The quantitative estimate of drug-likeness (QED) is 0.616. The average molecular weight is 323 g/mol. The molecule has 21 heavy (non-hydrogen) atoms. The zero-order chi connectivity index (χ0) is 15.4. The van der Waals surface area contributed by atoms with Gasteiger partial charge in [-0.25, -0.2) is 5.43 Å². The molecule has 0 saturated heterocycles. The normalized spacial score (nSPS) is 12.7. The Hall–Kier alpha value is -1.06. The van der Waals surface area contributed by atoms with E-state index in [9.17, 15) is 0 Å². The molecule has 4 heteroatoms. The fraction of sp³-hybridized carbons (Fsp3) is 0.294. The van der Waals surface area contributed by atoms with E-state index in [0.717, 1.165) is 17.5 Å². The topological polar surface area (TPSA) is 38.0 Å². The Kier molecular flexibility index (Phi) is 5.65. The van der Waals surface area contributed by atoms with Gasteiger partial charge in [0, 0.05) is 10.0 Å². The molecule has 0 amide bonds. The Morgan fingerprint density at radius 2 is 1.86 bits per heavy atom. The first-order valence-electron chi connectivity index (χ1n) is 7.01. The molecule has 112 valence electrons. The molecule has 0 spiro atoms. The van der Waals surface area contributed by atoms with Gasteiger partial charge in [-0.15, -0.1) is 0 Å². The second-order valence-electron chi connectivity index (χ2n) is 5.61. The summed E-state index contributed by atoms with van der Waals surface area (Å²) in [5, 5.41) is 1.23. The van der Waals surface area contributed by atoms with E-state index in [1.165, 1.54) is 5.56 Å². The smallest absolute Gasteiger partial charge is 0.0724 e. The lowest BCUT2D eigenvalue weighted by Crippen LogP contribution is -2.29. The Morgan fingerprint density at radius 3 is 2.48 bits per heavy atom. The van der Waals surface area contributed by atoms with Gasteiger partial charge < -0.3 is 0 Å². The molecule has 0 aliphatic heterocycles. The highest BCUT2D eigenvalue weighted by Crippen LogP contribution is 2.30. The van der Waals surface area contributed by atoms with Crippen LogP contribution in [0.4, 0.5) is 0 Å². The van der Waals surface area contributed by atoms with Crippen LogP contribution in [0.15, 0.2) is 42.5 Å². The molecule has 0 fully saturated rings. The van der Waals surface area contributed by atoms with Crippen molar-refractivity contribution in [1.29, 1.82) is 0 Å². The number of benzene rings is 2. The van der Waals surface area contributed by atoms with Gasteiger partial charge in [0.15, 0.2) is 0 Å². The Morgan fingerprint density at radius 1 is 1.10 bits per heavy atom. The predicted molar refractivity (Wildman–Crippen MR) is 90.6 cm³/mol. The molecule has 0 aliphatic rings. The van der Waals surface area contributed by atoms with Crippen LogP contribution in [0.1, 0.15) is 36.6 Å². The second-order valence-corrected chi connectivity index (χ2v) is 6.45. The third-order valence-corrected chi connectivity index (χ3v) is 3.93. The van der Waals surface area contributed by atoms with Crippen LogP contribution in [0, 0.1) is 5.92 Å². The van der Waals surface area contributed by atoms with E-state index in [0.29, 0.717) is 16.0 Å². The van der Waals surface area contributed by atoms with Gasteiger partial charge >= 0.3 is 0 Å². The van der Waals surface area contributed by atoms with Crippen LogP contribution in [0.25, 0.3) is 0 Å². The third-order valence-electron chi connectivity index (χ3n) is 3.37. The molecule has 0 aromatic heterocycles. The summed E-state index contributed by atoms with van der Waals surface area (Å²) < 4.78 is 0. The molecule has 0 bridgehead atoms. The van der Waals surface area contributed by atoms with Crippen LogP contribution in [0.5, 0.6) is 0 Å². The number of hydrogen-bond donors (Lipinski definition) is 2. The fourth-order valence-corrected chi connectivity index (χ4v) is 2.99. The van der Waals surface area contributed by atoms with Gasteiger partial charge in [0.05, 0.1) is 6.04 Å². The zero-order valence-electron chi connectivity index (χ0n) is 12.2. The van der Waals surface area contributed by atoms with E-state index in [4.69, 9.17) is 29.0 Å². The molecule has 0 radical (unpaired) electrons. The lowest BCUT2D eigenvalue weighted by molar-refractivity contribution is 0.628. The van der Waals surface area contributed by atoms with Gasteiger partial charge in [-0.05, 0) is 41.2 Å². The SMILES string of the molecule is CC(C)Cc1cccc(C(NN)c2ccc(Cl)cc2Cl)c1. The molecular weight excluding hydrogens is 303 g/mol.